The SMILES string of the molecule is O=C(O)c1cccc(CC2CCN(S(=O)(=O)N3CCCC3)CC2)c1. The molecule has 0 aliphatic carbocycles. The van der Waals surface area contributed by atoms with Gasteiger partial charge in [0, 0.05) is 26.2 Å². The van der Waals surface area contributed by atoms with E-state index in [1.165, 1.54) is 0 Å². The van der Waals surface area contributed by atoms with E-state index < -0.39 is 16.2 Å². The van der Waals surface area contributed by atoms with Gasteiger partial charge in [0.25, 0.3) is 10.2 Å². The Bertz CT molecular complexity index is 690. The molecule has 132 valence electrons. The lowest BCUT2D eigenvalue weighted by molar-refractivity contribution is 0.0696. The molecule has 1 aromatic carbocycles. The van der Waals surface area contributed by atoms with Crippen molar-refractivity contribution in [2.75, 3.05) is 26.2 Å². The molecule has 2 aliphatic rings. The van der Waals surface area contributed by atoms with Crippen molar-refractivity contribution < 1.29 is 18.3 Å². The molecule has 7 heteroatoms. The van der Waals surface area contributed by atoms with Crippen molar-refractivity contribution >= 4 is 16.2 Å². The van der Waals surface area contributed by atoms with Crippen molar-refractivity contribution in [1.29, 1.82) is 0 Å². The van der Waals surface area contributed by atoms with Gasteiger partial charge in [-0.15, -0.1) is 0 Å². The van der Waals surface area contributed by atoms with Crippen LogP contribution in [0.3, 0.4) is 0 Å². The molecule has 2 heterocycles. The van der Waals surface area contributed by atoms with Crippen molar-refractivity contribution in [3.63, 3.8) is 0 Å². The molecule has 2 aliphatic heterocycles. The van der Waals surface area contributed by atoms with Crippen LogP contribution < -0.4 is 0 Å². The summed E-state index contributed by atoms with van der Waals surface area (Å²) in [6.45, 7) is 2.40. The number of nitrogens with zero attached hydrogens (tertiary/aromatic N) is 2. The summed E-state index contributed by atoms with van der Waals surface area (Å²) in [5.41, 5.74) is 1.32. The fraction of sp³-hybridized carbons (Fsp3) is 0.588. The van der Waals surface area contributed by atoms with Crippen molar-refractivity contribution in [3.05, 3.63) is 35.4 Å². The zero-order chi connectivity index (χ0) is 17.2. The molecular formula is C17H24N2O4S. The van der Waals surface area contributed by atoms with E-state index in [0.717, 1.165) is 37.7 Å². The standard InChI is InChI=1S/C17H24N2O4S/c20-17(21)16-5-3-4-15(13-16)12-14-6-10-19(11-7-14)24(22,23)18-8-1-2-9-18/h3-5,13-14H,1-2,6-12H2,(H,20,21). The average Bonchev–Trinajstić information content (AvgIpc) is 3.11. The molecule has 0 bridgehead atoms. The zero-order valence-electron chi connectivity index (χ0n) is 13.7. The van der Waals surface area contributed by atoms with Gasteiger partial charge in [0.15, 0.2) is 0 Å². The highest BCUT2D eigenvalue weighted by Crippen LogP contribution is 2.26. The van der Waals surface area contributed by atoms with E-state index >= 15 is 0 Å². The van der Waals surface area contributed by atoms with Crippen LogP contribution in [0.2, 0.25) is 0 Å². The zero-order valence-corrected chi connectivity index (χ0v) is 14.5. The minimum atomic E-state index is -3.29. The van der Waals surface area contributed by atoms with Crippen LogP contribution in [0.1, 0.15) is 41.6 Å². The number of rotatable bonds is 5. The summed E-state index contributed by atoms with van der Waals surface area (Å²) in [4.78, 5) is 11.0. The van der Waals surface area contributed by atoms with Gasteiger partial charge in [-0.2, -0.15) is 17.0 Å². The highest BCUT2D eigenvalue weighted by molar-refractivity contribution is 7.86. The molecule has 0 unspecified atom stereocenters. The number of carboxylic acids is 1. The topological polar surface area (TPSA) is 77.9 Å². The molecule has 0 amide bonds. The minimum Gasteiger partial charge on any atom is -0.478 e. The molecule has 3 rings (SSSR count). The molecule has 0 aromatic heterocycles. The second kappa shape index (κ2) is 7.21. The normalized spacial score (nSPS) is 21.2. The highest BCUT2D eigenvalue weighted by atomic mass is 32.2. The molecule has 0 spiro atoms. The third-order valence-corrected chi connectivity index (χ3v) is 7.02. The summed E-state index contributed by atoms with van der Waals surface area (Å²) < 4.78 is 28.3. The molecule has 2 saturated heterocycles. The van der Waals surface area contributed by atoms with Crippen LogP contribution in [0.5, 0.6) is 0 Å². The first kappa shape index (κ1) is 17.4. The van der Waals surface area contributed by atoms with Crippen molar-refractivity contribution in [2.45, 2.75) is 32.1 Å². The van der Waals surface area contributed by atoms with Crippen molar-refractivity contribution in [3.8, 4) is 0 Å². The second-order valence-electron chi connectivity index (χ2n) is 6.67. The van der Waals surface area contributed by atoms with Gasteiger partial charge in [-0.25, -0.2) is 4.79 Å². The Labute approximate surface area is 143 Å². The van der Waals surface area contributed by atoms with Gasteiger partial charge < -0.3 is 5.11 Å². The first-order valence-electron chi connectivity index (χ1n) is 8.54. The number of hydrogen-bond acceptors (Lipinski definition) is 3. The number of aromatic carboxylic acids is 1. The molecule has 6 nitrogen and oxygen atoms in total. The minimum absolute atomic E-state index is 0.307. The molecule has 1 aromatic rings. The van der Waals surface area contributed by atoms with Crippen LogP contribution in [0, 0.1) is 5.92 Å². The summed E-state index contributed by atoms with van der Waals surface area (Å²) in [5, 5.41) is 9.07. The Balaban J connectivity index is 1.57. The van der Waals surface area contributed by atoms with Gasteiger partial charge in [-0.05, 0) is 55.7 Å². The predicted octanol–water partition coefficient (Wildman–Crippen LogP) is 1.98. The predicted molar refractivity (Wildman–Crippen MR) is 91.1 cm³/mol. The smallest absolute Gasteiger partial charge is 0.335 e. The maximum atomic E-state index is 12.6. The average molecular weight is 352 g/mol. The fourth-order valence-corrected chi connectivity index (χ4v) is 5.31. The molecule has 0 saturated carbocycles. The van der Waals surface area contributed by atoms with E-state index in [2.05, 4.69) is 0 Å². The van der Waals surface area contributed by atoms with Gasteiger partial charge >= 0.3 is 5.97 Å². The third kappa shape index (κ3) is 3.79. The van der Waals surface area contributed by atoms with Crippen LogP contribution in [0.25, 0.3) is 0 Å². The van der Waals surface area contributed by atoms with E-state index in [1.807, 2.05) is 6.07 Å². The van der Waals surface area contributed by atoms with Crippen LogP contribution in [-0.4, -0.2) is 54.3 Å². The Morgan fingerprint density at radius 2 is 1.71 bits per heavy atom. The van der Waals surface area contributed by atoms with Gasteiger partial charge in [0.1, 0.15) is 0 Å². The summed E-state index contributed by atoms with van der Waals surface area (Å²) in [6, 6.07) is 7.03. The van der Waals surface area contributed by atoms with E-state index in [-0.39, 0.29) is 0 Å². The lowest BCUT2D eigenvalue weighted by Crippen LogP contribution is -2.46. The Kier molecular flexibility index (Phi) is 5.22. The third-order valence-electron chi connectivity index (χ3n) is 4.99. The Morgan fingerprint density at radius 1 is 1.08 bits per heavy atom. The number of carboxylic acid groups (broad SMARTS) is 1. The second-order valence-corrected chi connectivity index (χ2v) is 8.59. The molecular weight excluding hydrogens is 328 g/mol. The van der Waals surface area contributed by atoms with Crippen LogP contribution in [0.15, 0.2) is 24.3 Å². The summed E-state index contributed by atoms with van der Waals surface area (Å²) >= 11 is 0. The number of benzene rings is 1. The maximum absolute atomic E-state index is 12.6. The fourth-order valence-electron chi connectivity index (χ4n) is 3.59. The first-order chi connectivity index (χ1) is 11.5. The van der Waals surface area contributed by atoms with Gasteiger partial charge in [-0.3, -0.25) is 0 Å². The monoisotopic (exact) mass is 352 g/mol. The molecule has 2 fully saturated rings. The Hall–Kier alpha value is -1.44. The summed E-state index contributed by atoms with van der Waals surface area (Å²) in [7, 11) is -3.29. The van der Waals surface area contributed by atoms with E-state index in [0.29, 0.717) is 37.7 Å². The summed E-state index contributed by atoms with van der Waals surface area (Å²) in [5.74, 6) is -0.512. The van der Waals surface area contributed by atoms with Crippen LogP contribution >= 0.6 is 0 Å². The Morgan fingerprint density at radius 3 is 2.33 bits per heavy atom. The summed E-state index contributed by atoms with van der Waals surface area (Å²) in [6.07, 6.45) is 4.36. The van der Waals surface area contributed by atoms with Crippen molar-refractivity contribution in [2.24, 2.45) is 5.92 Å². The molecule has 0 radical (unpaired) electrons. The quantitative estimate of drug-likeness (QED) is 0.879. The number of piperidine rings is 1. The first-order valence-corrected chi connectivity index (χ1v) is 9.94. The number of carbonyl (C=O) groups is 1. The largest absolute Gasteiger partial charge is 0.478 e. The van der Waals surface area contributed by atoms with Crippen LogP contribution in [0.4, 0.5) is 0 Å². The van der Waals surface area contributed by atoms with E-state index in [9.17, 15) is 13.2 Å². The number of hydrogen-bond donors (Lipinski definition) is 1. The van der Waals surface area contributed by atoms with Gasteiger partial charge in [0.2, 0.25) is 0 Å². The van der Waals surface area contributed by atoms with Gasteiger partial charge in [0.05, 0.1) is 5.56 Å². The van der Waals surface area contributed by atoms with Gasteiger partial charge in [-0.1, -0.05) is 12.1 Å². The van der Waals surface area contributed by atoms with E-state index in [1.54, 1.807) is 26.8 Å². The van der Waals surface area contributed by atoms with E-state index in [4.69, 9.17) is 5.11 Å². The lowest BCUT2D eigenvalue weighted by atomic mass is 9.90. The molecule has 0 atom stereocenters. The molecule has 1 N–H and O–H groups in total. The van der Waals surface area contributed by atoms with Crippen molar-refractivity contribution in [1.82, 2.24) is 8.61 Å². The maximum Gasteiger partial charge on any atom is 0.335 e. The lowest BCUT2D eigenvalue weighted by Gasteiger charge is -2.33. The highest BCUT2D eigenvalue weighted by Gasteiger charge is 2.34. The molecule has 24 heavy (non-hydrogen) atoms. The van der Waals surface area contributed by atoms with Crippen LogP contribution in [-0.2, 0) is 16.6 Å².